The van der Waals surface area contributed by atoms with Crippen LogP contribution in [0.3, 0.4) is 0 Å². The van der Waals surface area contributed by atoms with E-state index in [1.807, 2.05) is 0 Å². The number of nitrogens with zero attached hydrogens (tertiary/aromatic N) is 3. The Balaban J connectivity index is 0.861. The average molecular weight is 825 g/mol. The molecule has 57 heavy (non-hydrogen) atoms. The van der Waals surface area contributed by atoms with E-state index in [2.05, 4.69) is 20.1 Å². The summed E-state index contributed by atoms with van der Waals surface area (Å²) in [6.45, 7) is 8.66. The zero-order valence-electron chi connectivity index (χ0n) is 33.6. The summed E-state index contributed by atoms with van der Waals surface area (Å²) in [5, 5.41) is 5.93. The van der Waals surface area contributed by atoms with Gasteiger partial charge in [0.05, 0.1) is 37.9 Å². The number of nitrogens with two attached hydrogens (primary N) is 1. The van der Waals surface area contributed by atoms with Gasteiger partial charge in [-0.25, -0.2) is 37.7 Å². The minimum Gasteiger partial charge on any atom is -0.464 e. The van der Waals surface area contributed by atoms with E-state index in [-0.39, 0.29) is 72.4 Å². The Morgan fingerprint density at radius 1 is 0.825 bits per heavy atom. The third-order valence-corrected chi connectivity index (χ3v) is 16.1. The maximum Gasteiger partial charge on any atom is 0.326 e. The van der Waals surface area contributed by atoms with Gasteiger partial charge in [0.1, 0.15) is 22.9 Å². The predicted molar refractivity (Wildman–Crippen MR) is 203 cm³/mol. The van der Waals surface area contributed by atoms with Gasteiger partial charge in [-0.2, -0.15) is 0 Å². The molecule has 0 radical (unpaired) electrons. The molecule has 17 heteroatoms. The highest BCUT2D eigenvalue weighted by atomic mass is 31.2. The van der Waals surface area contributed by atoms with Gasteiger partial charge in [0.25, 0.3) is 0 Å². The van der Waals surface area contributed by atoms with Crippen molar-refractivity contribution in [2.45, 2.75) is 147 Å². The number of anilines is 1. The van der Waals surface area contributed by atoms with E-state index in [4.69, 9.17) is 19.9 Å². The fraction of sp³-hybridized carbons (Fsp3) is 0.800. The molecule has 0 saturated heterocycles. The maximum atomic E-state index is 14.9. The molecule has 1 atom stereocenters. The Bertz CT molecular complexity index is 1850. The summed E-state index contributed by atoms with van der Waals surface area (Å²) in [4.78, 5) is 35.8. The minimum absolute atomic E-state index is 0.0195. The normalized spacial score (nSPS) is 27.3. The van der Waals surface area contributed by atoms with Crippen molar-refractivity contribution in [1.82, 2.24) is 24.7 Å². The highest BCUT2D eigenvalue weighted by Crippen LogP contribution is 2.76. The van der Waals surface area contributed by atoms with E-state index < -0.39 is 54.8 Å². The second kappa shape index (κ2) is 13.3. The van der Waals surface area contributed by atoms with Crippen LogP contribution in [0.15, 0.2) is 18.6 Å². The summed E-state index contributed by atoms with van der Waals surface area (Å²) in [5.41, 5.74) is 4.46. The number of nitrogen functional groups attached to an aromatic ring is 1. The first kappa shape index (κ1) is 40.9. The number of halogens is 4. The largest absolute Gasteiger partial charge is 0.464 e. The average Bonchev–Trinajstić information content (AvgIpc) is 3.41. The smallest absolute Gasteiger partial charge is 0.326 e. The fourth-order valence-electron chi connectivity index (χ4n) is 12.3. The van der Waals surface area contributed by atoms with Crippen LogP contribution in [0.1, 0.15) is 112 Å². The molecule has 2 aromatic heterocycles. The van der Waals surface area contributed by atoms with Crippen LogP contribution in [0.2, 0.25) is 0 Å². The highest BCUT2D eigenvalue weighted by Gasteiger charge is 2.70. The summed E-state index contributed by atoms with van der Waals surface area (Å²) >= 11 is 0. The zero-order chi connectivity index (χ0) is 41.1. The molecule has 6 fully saturated rings. The SMILES string of the molecule is C[C@H](Cn1cnc2c(N)ccnc21)OCP(=O)(NC(C)(C)C(=O)OCC1CC2(C1)CC1(CC(F)(F)C1)C2)NC(C)(C)C(=O)OCC1CC2(C1)CC1(CC(F)(F)C1)C2. The van der Waals surface area contributed by atoms with Gasteiger partial charge in [-0.3, -0.25) is 14.2 Å². The number of fused-ring (bicyclic) bond motifs is 1. The number of hydrogen-bond donors (Lipinski definition) is 3. The molecular weight excluding hydrogens is 767 g/mol. The molecule has 4 N–H and O–H groups in total. The third-order valence-electron chi connectivity index (χ3n) is 13.8. The number of hydrogen-bond acceptors (Lipinski definition) is 9. The van der Waals surface area contributed by atoms with Crippen LogP contribution in [-0.4, -0.2) is 75.1 Å². The lowest BCUT2D eigenvalue weighted by molar-refractivity contribution is -0.258. The van der Waals surface area contributed by atoms with Crippen LogP contribution in [0.4, 0.5) is 23.2 Å². The van der Waals surface area contributed by atoms with Gasteiger partial charge in [0.15, 0.2) is 5.65 Å². The number of aromatic nitrogens is 3. The van der Waals surface area contributed by atoms with E-state index in [9.17, 15) is 31.7 Å². The molecule has 0 amide bonds. The standard InChI is InChI=1S/C40H57F4N6O6P/c1-25(12-50-23-47-29-28(45)6-7-46-30(29)50)56-24-57(53,48-33(2,3)31(51)54-13-26-8-35(9-26)15-37(16-35)19-39(41,42)20-37)49-34(4,5)32(52)55-14-27-10-36(11-27)17-38(18-36)21-40(43,44)22-38/h6-7,23,25-27H,8-22,24H2,1-5H3,(H2,45,46)(H2,48,49,53)/t25-/m1/s1. The maximum absolute atomic E-state index is 14.9. The number of pyridine rings is 1. The van der Waals surface area contributed by atoms with Crippen LogP contribution in [-0.2, 0) is 34.9 Å². The Morgan fingerprint density at radius 3 is 1.72 bits per heavy atom. The molecule has 2 aromatic rings. The van der Waals surface area contributed by atoms with Crippen LogP contribution in [0.25, 0.3) is 11.2 Å². The second-order valence-electron chi connectivity index (χ2n) is 20.7. The van der Waals surface area contributed by atoms with Gasteiger partial charge in [-0.05, 0) is 126 Å². The van der Waals surface area contributed by atoms with E-state index in [1.54, 1.807) is 57.8 Å². The fourth-order valence-corrected chi connectivity index (χ4v) is 15.0. The number of alkyl halides is 4. The van der Waals surface area contributed by atoms with Crippen molar-refractivity contribution in [2.75, 3.05) is 25.3 Å². The molecule has 4 spiro atoms. The van der Waals surface area contributed by atoms with E-state index in [1.165, 1.54) is 0 Å². The van der Waals surface area contributed by atoms with Gasteiger partial charge >= 0.3 is 11.9 Å². The van der Waals surface area contributed by atoms with Gasteiger partial charge in [-0.1, -0.05) is 0 Å². The predicted octanol–water partition coefficient (Wildman–Crippen LogP) is 7.60. The van der Waals surface area contributed by atoms with Crippen molar-refractivity contribution in [3.05, 3.63) is 18.6 Å². The summed E-state index contributed by atoms with van der Waals surface area (Å²) < 4.78 is 88.3. The van der Waals surface area contributed by atoms with Gasteiger partial charge < -0.3 is 24.5 Å². The van der Waals surface area contributed by atoms with Crippen molar-refractivity contribution < 1.29 is 45.9 Å². The summed E-state index contributed by atoms with van der Waals surface area (Å²) in [7, 11) is -3.94. The number of carbonyl (C=O) groups is 2. The van der Waals surface area contributed by atoms with E-state index in [0.717, 1.165) is 51.4 Å². The molecule has 0 aliphatic heterocycles. The first-order valence-electron chi connectivity index (χ1n) is 20.3. The van der Waals surface area contributed by atoms with Crippen molar-refractivity contribution in [3.63, 3.8) is 0 Å². The quantitative estimate of drug-likeness (QED) is 0.0922. The molecule has 6 aliphatic rings. The number of imidazole rings is 1. The topological polar surface area (TPSA) is 160 Å². The third kappa shape index (κ3) is 7.98. The molecule has 2 heterocycles. The van der Waals surface area contributed by atoms with Crippen LogP contribution in [0, 0.1) is 33.5 Å². The lowest BCUT2D eigenvalue weighted by Gasteiger charge is -2.68. The van der Waals surface area contributed by atoms with Crippen molar-refractivity contribution in [3.8, 4) is 0 Å². The molecule has 6 saturated carbocycles. The van der Waals surface area contributed by atoms with Gasteiger partial charge in [-0.15, -0.1) is 0 Å². The lowest BCUT2D eigenvalue weighted by atomic mass is 9.37. The second-order valence-corrected chi connectivity index (χ2v) is 22.8. The molecule has 0 bridgehead atoms. The molecule has 8 rings (SSSR count). The molecule has 316 valence electrons. The number of nitrogens with one attached hydrogen (secondary N) is 2. The number of carbonyl (C=O) groups excluding carboxylic acids is 2. The Hall–Kier alpha value is -2.81. The van der Waals surface area contributed by atoms with Crippen molar-refractivity contribution >= 4 is 36.2 Å². The van der Waals surface area contributed by atoms with Crippen LogP contribution >= 0.6 is 7.44 Å². The number of esters is 2. The monoisotopic (exact) mass is 824 g/mol. The van der Waals surface area contributed by atoms with Crippen molar-refractivity contribution in [2.24, 2.45) is 33.5 Å². The summed E-state index contributed by atoms with van der Waals surface area (Å²) in [5.74, 6) is -6.05. The van der Waals surface area contributed by atoms with Gasteiger partial charge in [0.2, 0.25) is 19.3 Å². The lowest BCUT2D eigenvalue weighted by Crippen LogP contribution is -2.62. The zero-order valence-corrected chi connectivity index (χ0v) is 34.5. The first-order valence-corrected chi connectivity index (χ1v) is 22.2. The molecule has 6 aliphatic carbocycles. The molecule has 0 aromatic carbocycles. The Morgan fingerprint density at radius 2 is 1.28 bits per heavy atom. The molecular formula is C40H57F4N6O6P. The first-order chi connectivity index (χ1) is 26.3. The van der Waals surface area contributed by atoms with E-state index in [0.29, 0.717) is 23.4 Å². The molecule has 12 nitrogen and oxygen atoms in total. The highest BCUT2D eigenvalue weighted by molar-refractivity contribution is 7.59. The summed E-state index contributed by atoms with van der Waals surface area (Å²) in [6.07, 6.45) is 8.76. The summed E-state index contributed by atoms with van der Waals surface area (Å²) in [6, 6.07) is 1.66. The molecule has 0 unspecified atom stereocenters. The Kier molecular flexibility index (Phi) is 9.59. The van der Waals surface area contributed by atoms with Crippen molar-refractivity contribution in [1.29, 1.82) is 0 Å². The number of ether oxygens (including phenoxy) is 3. The Labute approximate surface area is 331 Å². The number of rotatable bonds is 15. The van der Waals surface area contributed by atoms with E-state index >= 15 is 0 Å². The van der Waals surface area contributed by atoms with Crippen LogP contribution in [0.5, 0.6) is 0 Å². The minimum atomic E-state index is -3.94. The van der Waals surface area contributed by atoms with Crippen LogP contribution < -0.4 is 15.9 Å². The van der Waals surface area contributed by atoms with Gasteiger partial charge in [0, 0.05) is 31.9 Å².